The summed E-state index contributed by atoms with van der Waals surface area (Å²) in [5.41, 5.74) is 3.87. The number of aromatic hydroxyl groups is 2. The molecule has 2 saturated heterocycles. The quantitative estimate of drug-likeness (QED) is 0.457. The summed E-state index contributed by atoms with van der Waals surface area (Å²) in [5, 5.41) is 28.9. The van der Waals surface area contributed by atoms with Crippen LogP contribution in [-0.4, -0.2) is 70.7 Å². The van der Waals surface area contributed by atoms with Crippen LogP contribution in [0.25, 0.3) is 0 Å². The summed E-state index contributed by atoms with van der Waals surface area (Å²) in [6.45, 7) is 6.55. The van der Waals surface area contributed by atoms with E-state index in [0.717, 1.165) is 74.7 Å². The van der Waals surface area contributed by atoms with E-state index in [1.54, 1.807) is 24.3 Å². The summed E-state index contributed by atoms with van der Waals surface area (Å²) < 4.78 is 0. The van der Waals surface area contributed by atoms with Gasteiger partial charge in [0.15, 0.2) is 0 Å². The third-order valence-electron chi connectivity index (χ3n) is 6.42. The molecule has 0 aliphatic carbocycles. The van der Waals surface area contributed by atoms with Gasteiger partial charge in [-0.3, -0.25) is 0 Å². The average Bonchev–Trinajstić information content (AvgIpc) is 3.52. The van der Waals surface area contributed by atoms with Gasteiger partial charge in [-0.15, -0.1) is 0 Å². The Morgan fingerprint density at radius 1 is 0.594 bits per heavy atom. The van der Waals surface area contributed by atoms with Crippen LogP contribution in [0.3, 0.4) is 0 Å². The maximum Gasteiger partial charge on any atom is 0.115 e. The van der Waals surface area contributed by atoms with Crippen LogP contribution in [0, 0.1) is 0 Å². The lowest BCUT2D eigenvalue weighted by Gasteiger charge is -2.16. The van der Waals surface area contributed by atoms with Gasteiger partial charge in [0, 0.05) is 25.9 Å². The van der Waals surface area contributed by atoms with Crippen molar-refractivity contribution in [1.82, 2.24) is 9.80 Å². The summed E-state index contributed by atoms with van der Waals surface area (Å²) in [7, 11) is 0. The van der Waals surface area contributed by atoms with Crippen molar-refractivity contribution in [2.24, 2.45) is 10.2 Å². The normalized spacial score (nSPS) is 18.5. The van der Waals surface area contributed by atoms with Gasteiger partial charge in [-0.1, -0.05) is 0 Å². The SMILES string of the molecule is Oc1ccc(C(CCN2CCCC2)=NN=C(CCN2CCCC2)c2ccc(O)cc2)cc1. The van der Waals surface area contributed by atoms with E-state index in [1.165, 1.54) is 25.7 Å². The summed E-state index contributed by atoms with van der Waals surface area (Å²) in [4.78, 5) is 4.96. The summed E-state index contributed by atoms with van der Waals surface area (Å²) in [6.07, 6.45) is 6.72. The van der Waals surface area contributed by atoms with Gasteiger partial charge >= 0.3 is 0 Å². The van der Waals surface area contributed by atoms with Crippen LogP contribution in [0.2, 0.25) is 0 Å². The molecule has 6 heteroatoms. The molecule has 0 bridgehead atoms. The highest BCUT2D eigenvalue weighted by atomic mass is 16.3. The fraction of sp³-hybridized carbons (Fsp3) is 0.462. The van der Waals surface area contributed by atoms with Crippen LogP contribution in [0.4, 0.5) is 0 Å². The van der Waals surface area contributed by atoms with E-state index in [2.05, 4.69) is 9.80 Å². The van der Waals surface area contributed by atoms with Crippen molar-refractivity contribution < 1.29 is 10.2 Å². The van der Waals surface area contributed by atoms with E-state index in [-0.39, 0.29) is 11.5 Å². The Bertz CT molecular complexity index is 832. The minimum atomic E-state index is 0.256. The van der Waals surface area contributed by atoms with Crippen molar-refractivity contribution in [2.45, 2.75) is 38.5 Å². The number of likely N-dealkylation sites (tertiary alicyclic amines) is 2. The number of rotatable bonds is 9. The minimum absolute atomic E-state index is 0.256. The van der Waals surface area contributed by atoms with Crippen molar-refractivity contribution >= 4 is 11.4 Å². The Hall–Kier alpha value is -2.70. The molecule has 0 radical (unpaired) electrons. The number of benzene rings is 2. The van der Waals surface area contributed by atoms with Gasteiger partial charge in [0.2, 0.25) is 0 Å². The molecular formula is C26H34N4O2. The topological polar surface area (TPSA) is 71.7 Å². The molecule has 2 aromatic rings. The van der Waals surface area contributed by atoms with Gasteiger partial charge in [0.05, 0.1) is 11.4 Å². The standard InChI is InChI=1S/C26H34N4O2/c31-23-9-5-21(6-10-23)25(13-19-29-15-1-2-16-29)27-28-26(14-20-30-17-3-4-18-30)22-7-11-24(32)12-8-22/h5-12,31-32H,1-4,13-20H2. The molecule has 2 heterocycles. The molecule has 32 heavy (non-hydrogen) atoms. The molecule has 0 saturated carbocycles. The zero-order chi connectivity index (χ0) is 22.2. The summed E-state index contributed by atoms with van der Waals surface area (Å²) in [6, 6.07) is 14.5. The first-order chi connectivity index (χ1) is 15.7. The third-order valence-corrected chi connectivity index (χ3v) is 6.42. The van der Waals surface area contributed by atoms with Gasteiger partial charge in [0.25, 0.3) is 0 Å². The van der Waals surface area contributed by atoms with Gasteiger partial charge in [-0.05, 0) is 112 Å². The molecule has 2 N–H and O–H groups in total. The predicted molar refractivity (Wildman–Crippen MR) is 130 cm³/mol. The van der Waals surface area contributed by atoms with E-state index >= 15 is 0 Å². The summed E-state index contributed by atoms with van der Waals surface area (Å²) in [5.74, 6) is 0.512. The Kier molecular flexibility index (Phi) is 7.91. The zero-order valence-electron chi connectivity index (χ0n) is 18.8. The maximum absolute atomic E-state index is 9.70. The fourth-order valence-electron chi connectivity index (χ4n) is 4.47. The number of hydrogen-bond donors (Lipinski definition) is 2. The first-order valence-electron chi connectivity index (χ1n) is 11.8. The molecule has 2 aliphatic heterocycles. The van der Waals surface area contributed by atoms with E-state index in [4.69, 9.17) is 10.2 Å². The highest BCUT2D eigenvalue weighted by molar-refractivity contribution is 6.03. The molecule has 6 nitrogen and oxygen atoms in total. The Balaban J connectivity index is 1.58. The highest BCUT2D eigenvalue weighted by Gasteiger charge is 2.15. The smallest absolute Gasteiger partial charge is 0.115 e. The van der Waals surface area contributed by atoms with Crippen molar-refractivity contribution in [3.05, 3.63) is 59.7 Å². The first-order valence-corrected chi connectivity index (χ1v) is 11.8. The van der Waals surface area contributed by atoms with Crippen LogP contribution < -0.4 is 0 Å². The fourth-order valence-corrected chi connectivity index (χ4v) is 4.47. The first kappa shape index (κ1) is 22.5. The van der Waals surface area contributed by atoms with Crippen LogP contribution in [-0.2, 0) is 0 Å². The Morgan fingerprint density at radius 2 is 0.938 bits per heavy atom. The second kappa shape index (κ2) is 11.2. The molecule has 0 spiro atoms. The van der Waals surface area contributed by atoms with Gasteiger partial charge < -0.3 is 20.0 Å². The lowest BCUT2D eigenvalue weighted by Crippen LogP contribution is -2.23. The molecule has 0 amide bonds. The van der Waals surface area contributed by atoms with Crippen molar-refractivity contribution in [2.75, 3.05) is 39.3 Å². The molecule has 0 unspecified atom stereocenters. The molecule has 0 atom stereocenters. The van der Waals surface area contributed by atoms with Crippen molar-refractivity contribution in [3.8, 4) is 11.5 Å². The Morgan fingerprint density at radius 3 is 1.28 bits per heavy atom. The molecule has 2 fully saturated rings. The van der Waals surface area contributed by atoms with Crippen molar-refractivity contribution in [1.29, 1.82) is 0 Å². The van der Waals surface area contributed by atoms with Crippen LogP contribution in [0.5, 0.6) is 11.5 Å². The Labute approximate surface area is 190 Å². The maximum atomic E-state index is 9.70. The number of nitrogens with zero attached hydrogens (tertiary/aromatic N) is 4. The zero-order valence-corrected chi connectivity index (χ0v) is 18.8. The van der Waals surface area contributed by atoms with Gasteiger partial charge in [0.1, 0.15) is 11.5 Å². The predicted octanol–water partition coefficient (Wildman–Crippen LogP) is 4.26. The monoisotopic (exact) mass is 434 g/mol. The number of phenolic OH excluding ortho intramolecular Hbond substituents is 2. The second-order valence-electron chi connectivity index (χ2n) is 8.78. The van der Waals surface area contributed by atoms with E-state index in [0.29, 0.717) is 0 Å². The molecule has 4 rings (SSSR count). The molecule has 0 aromatic heterocycles. The van der Waals surface area contributed by atoms with Gasteiger partial charge in [-0.2, -0.15) is 10.2 Å². The van der Waals surface area contributed by atoms with E-state index < -0.39 is 0 Å². The minimum Gasteiger partial charge on any atom is -0.508 e. The lowest BCUT2D eigenvalue weighted by molar-refractivity contribution is 0.349. The van der Waals surface area contributed by atoms with Crippen LogP contribution in [0.1, 0.15) is 49.7 Å². The average molecular weight is 435 g/mol. The third kappa shape index (κ3) is 6.40. The van der Waals surface area contributed by atoms with E-state index in [9.17, 15) is 10.2 Å². The molecule has 2 aromatic carbocycles. The van der Waals surface area contributed by atoms with Crippen molar-refractivity contribution in [3.63, 3.8) is 0 Å². The lowest BCUT2D eigenvalue weighted by atomic mass is 10.1. The van der Waals surface area contributed by atoms with E-state index in [1.807, 2.05) is 24.3 Å². The second-order valence-corrected chi connectivity index (χ2v) is 8.78. The largest absolute Gasteiger partial charge is 0.508 e. The van der Waals surface area contributed by atoms with Crippen LogP contribution in [0.15, 0.2) is 58.7 Å². The number of hydrogen-bond acceptors (Lipinski definition) is 6. The molecule has 2 aliphatic rings. The van der Waals surface area contributed by atoms with Crippen LogP contribution >= 0.6 is 0 Å². The van der Waals surface area contributed by atoms with Gasteiger partial charge in [-0.25, -0.2) is 0 Å². The molecule has 170 valence electrons. The summed E-state index contributed by atoms with van der Waals surface area (Å²) >= 11 is 0. The molecular weight excluding hydrogens is 400 g/mol. The highest BCUT2D eigenvalue weighted by Crippen LogP contribution is 2.17. The number of phenols is 2.